The standard InChI is InChI=1S/C12H16N2O2/c1-9-3-2-6-13-11(9)14-12(15)10-4-7-16-8-5-10/h2-3,6,10H,4-5,7-8H2,1H3,(H,13,14,15). The minimum Gasteiger partial charge on any atom is -0.381 e. The summed E-state index contributed by atoms with van der Waals surface area (Å²) in [5.74, 6) is 0.791. The highest BCUT2D eigenvalue weighted by molar-refractivity contribution is 5.92. The second-order valence-electron chi connectivity index (χ2n) is 4.04. The zero-order valence-corrected chi connectivity index (χ0v) is 9.40. The van der Waals surface area contributed by atoms with Crippen molar-refractivity contribution in [3.05, 3.63) is 23.9 Å². The average Bonchev–Trinajstić information content (AvgIpc) is 2.33. The van der Waals surface area contributed by atoms with Gasteiger partial charge in [-0.05, 0) is 31.4 Å². The lowest BCUT2D eigenvalue weighted by molar-refractivity contribution is -0.122. The van der Waals surface area contributed by atoms with E-state index in [0.717, 1.165) is 18.4 Å². The molecule has 0 unspecified atom stereocenters. The Kier molecular flexibility index (Phi) is 3.51. The first kappa shape index (κ1) is 11.1. The summed E-state index contributed by atoms with van der Waals surface area (Å²) in [4.78, 5) is 16.1. The van der Waals surface area contributed by atoms with Gasteiger partial charge in [0.1, 0.15) is 5.82 Å². The predicted molar refractivity (Wildman–Crippen MR) is 61.1 cm³/mol. The van der Waals surface area contributed by atoms with Gasteiger partial charge in [-0.25, -0.2) is 4.98 Å². The number of nitrogens with zero attached hydrogens (tertiary/aromatic N) is 1. The molecule has 4 heteroatoms. The zero-order chi connectivity index (χ0) is 11.4. The van der Waals surface area contributed by atoms with Crippen molar-refractivity contribution in [3.8, 4) is 0 Å². The molecule has 2 rings (SSSR count). The lowest BCUT2D eigenvalue weighted by atomic mass is 9.99. The summed E-state index contributed by atoms with van der Waals surface area (Å²) < 4.78 is 5.23. The molecule has 0 saturated carbocycles. The fraction of sp³-hybridized carbons (Fsp3) is 0.500. The highest BCUT2D eigenvalue weighted by atomic mass is 16.5. The lowest BCUT2D eigenvalue weighted by Gasteiger charge is -2.21. The van der Waals surface area contributed by atoms with E-state index in [9.17, 15) is 4.79 Å². The number of hydrogen-bond donors (Lipinski definition) is 1. The minimum absolute atomic E-state index is 0.0603. The quantitative estimate of drug-likeness (QED) is 0.826. The number of nitrogens with one attached hydrogen (secondary N) is 1. The molecular weight excluding hydrogens is 204 g/mol. The molecule has 0 spiro atoms. The van der Waals surface area contributed by atoms with Gasteiger partial charge in [-0.1, -0.05) is 6.07 Å². The molecule has 16 heavy (non-hydrogen) atoms. The first-order valence-corrected chi connectivity index (χ1v) is 5.57. The number of carbonyl (C=O) groups excluding carboxylic acids is 1. The van der Waals surface area contributed by atoms with Gasteiger partial charge in [-0.3, -0.25) is 4.79 Å². The van der Waals surface area contributed by atoms with Crippen LogP contribution in [-0.4, -0.2) is 24.1 Å². The van der Waals surface area contributed by atoms with Crippen LogP contribution in [0.5, 0.6) is 0 Å². The van der Waals surface area contributed by atoms with Crippen molar-refractivity contribution in [2.24, 2.45) is 5.92 Å². The van der Waals surface area contributed by atoms with Gasteiger partial charge in [-0.15, -0.1) is 0 Å². The summed E-state index contributed by atoms with van der Waals surface area (Å²) in [6, 6.07) is 3.80. The van der Waals surface area contributed by atoms with Crippen LogP contribution in [0.3, 0.4) is 0 Å². The average molecular weight is 220 g/mol. The molecule has 1 saturated heterocycles. The summed E-state index contributed by atoms with van der Waals surface area (Å²) in [7, 11) is 0. The Morgan fingerprint density at radius 2 is 2.25 bits per heavy atom. The fourth-order valence-corrected chi connectivity index (χ4v) is 1.80. The van der Waals surface area contributed by atoms with Crippen LogP contribution in [0.4, 0.5) is 5.82 Å². The monoisotopic (exact) mass is 220 g/mol. The Bertz CT molecular complexity index is 373. The molecule has 86 valence electrons. The van der Waals surface area contributed by atoms with Gasteiger partial charge in [0.05, 0.1) is 0 Å². The zero-order valence-electron chi connectivity index (χ0n) is 9.40. The second kappa shape index (κ2) is 5.07. The third-order valence-corrected chi connectivity index (χ3v) is 2.84. The van der Waals surface area contributed by atoms with Gasteiger partial charge in [0.2, 0.25) is 5.91 Å². The largest absolute Gasteiger partial charge is 0.381 e. The third-order valence-electron chi connectivity index (χ3n) is 2.84. The Balaban J connectivity index is 1.99. The number of ether oxygens (including phenoxy) is 1. The van der Waals surface area contributed by atoms with Crippen LogP contribution >= 0.6 is 0 Å². The van der Waals surface area contributed by atoms with Crippen molar-refractivity contribution in [3.63, 3.8) is 0 Å². The van der Waals surface area contributed by atoms with E-state index in [1.54, 1.807) is 6.20 Å². The van der Waals surface area contributed by atoms with Gasteiger partial charge in [0.15, 0.2) is 0 Å². The van der Waals surface area contributed by atoms with Gasteiger partial charge in [-0.2, -0.15) is 0 Å². The van der Waals surface area contributed by atoms with E-state index in [2.05, 4.69) is 10.3 Å². The summed E-state index contributed by atoms with van der Waals surface area (Å²) in [6.45, 7) is 3.30. The van der Waals surface area contributed by atoms with Crippen LogP contribution in [0, 0.1) is 12.8 Å². The summed E-state index contributed by atoms with van der Waals surface area (Å²) in [5.41, 5.74) is 0.989. The molecule has 1 fully saturated rings. The number of rotatable bonds is 2. The highest BCUT2D eigenvalue weighted by Gasteiger charge is 2.22. The molecule has 0 bridgehead atoms. The topological polar surface area (TPSA) is 51.2 Å². The van der Waals surface area contributed by atoms with Crippen molar-refractivity contribution in [1.82, 2.24) is 4.98 Å². The van der Waals surface area contributed by atoms with Crippen molar-refractivity contribution < 1.29 is 9.53 Å². The third kappa shape index (κ3) is 2.58. The number of amides is 1. The molecule has 1 N–H and O–H groups in total. The van der Waals surface area contributed by atoms with E-state index in [-0.39, 0.29) is 11.8 Å². The van der Waals surface area contributed by atoms with Crippen molar-refractivity contribution in [2.45, 2.75) is 19.8 Å². The molecule has 1 aliphatic rings. The summed E-state index contributed by atoms with van der Waals surface area (Å²) in [6.07, 6.45) is 3.29. The number of hydrogen-bond acceptors (Lipinski definition) is 3. The minimum atomic E-state index is 0.0603. The maximum Gasteiger partial charge on any atom is 0.228 e. The SMILES string of the molecule is Cc1cccnc1NC(=O)C1CCOCC1. The molecule has 0 aliphatic carbocycles. The maximum atomic E-state index is 11.9. The van der Waals surface area contributed by atoms with Crippen LogP contribution in [-0.2, 0) is 9.53 Å². The maximum absolute atomic E-state index is 11.9. The van der Waals surface area contributed by atoms with Gasteiger partial charge < -0.3 is 10.1 Å². The molecule has 0 aromatic carbocycles. The smallest absolute Gasteiger partial charge is 0.228 e. The molecule has 2 heterocycles. The second-order valence-corrected chi connectivity index (χ2v) is 4.04. The van der Waals surface area contributed by atoms with Crippen molar-refractivity contribution >= 4 is 11.7 Å². The Labute approximate surface area is 95.0 Å². The Hall–Kier alpha value is -1.42. The Morgan fingerprint density at radius 1 is 1.50 bits per heavy atom. The summed E-state index contributed by atoms with van der Waals surface area (Å²) >= 11 is 0. The molecule has 0 radical (unpaired) electrons. The number of pyridine rings is 1. The number of aromatic nitrogens is 1. The summed E-state index contributed by atoms with van der Waals surface area (Å²) in [5, 5.41) is 2.87. The van der Waals surface area contributed by atoms with Gasteiger partial charge >= 0.3 is 0 Å². The van der Waals surface area contributed by atoms with Crippen molar-refractivity contribution in [2.75, 3.05) is 18.5 Å². The fourth-order valence-electron chi connectivity index (χ4n) is 1.80. The van der Waals surface area contributed by atoms with Gasteiger partial charge in [0, 0.05) is 25.3 Å². The molecule has 1 aliphatic heterocycles. The Morgan fingerprint density at radius 3 is 2.94 bits per heavy atom. The van der Waals surface area contributed by atoms with Crippen LogP contribution < -0.4 is 5.32 Å². The van der Waals surface area contributed by atoms with E-state index in [1.165, 1.54) is 0 Å². The molecule has 1 aromatic rings. The first-order chi connectivity index (χ1) is 7.77. The van der Waals surface area contributed by atoms with Crippen LogP contribution in [0.15, 0.2) is 18.3 Å². The van der Waals surface area contributed by atoms with E-state index in [4.69, 9.17) is 4.74 Å². The molecule has 0 atom stereocenters. The van der Waals surface area contributed by atoms with Crippen LogP contribution in [0.1, 0.15) is 18.4 Å². The van der Waals surface area contributed by atoms with E-state index < -0.39 is 0 Å². The van der Waals surface area contributed by atoms with Crippen LogP contribution in [0.25, 0.3) is 0 Å². The van der Waals surface area contributed by atoms with Gasteiger partial charge in [0.25, 0.3) is 0 Å². The normalized spacial score (nSPS) is 17.1. The predicted octanol–water partition coefficient (Wildman–Crippen LogP) is 1.76. The number of aryl methyl sites for hydroxylation is 1. The van der Waals surface area contributed by atoms with Crippen molar-refractivity contribution in [1.29, 1.82) is 0 Å². The van der Waals surface area contributed by atoms with E-state index in [1.807, 2.05) is 19.1 Å². The highest BCUT2D eigenvalue weighted by Crippen LogP contribution is 2.17. The molecular formula is C12H16N2O2. The van der Waals surface area contributed by atoms with E-state index in [0.29, 0.717) is 19.0 Å². The molecule has 1 aromatic heterocycles. The first-order valence-electron chi connectivity index (χ1n) is 5.57. The lowest BCUT2D eigenvalue weighted by Crippen LogP contribution is -2.29. The van der Waals surface area contributed by atoms with E-state index >= 15 is 0 Å². The molecule has 1 amide bonds. The van der Waals surface area contributed by atoms with Crippen LogP contribution in [0.2, 0.25) is 0 Å². The molecule has 4 nitrogen and oxygen atoms in total. The number of anilines is 1. The number of carbonyl (C=O) groups is 1.